The molecule has 6 nitrogen and oxygen atoms in total. The molecule has 24 heavy (non-hydrogen) atoms. The van der Waals surface area contributed by atoms with Crippen LogP contribution in [0, 0.1) is 5.92 Å². The smallest absolute Gasteiger partial charge is 0.279 e. The molecule has 126 valence electrons. The summed E-state index contributed by atoms with van der Waals surface area (Å²) in [6.45, 7) is 3.91. The molecule has 1 spiro atoms. The van der Waals surface area contributed by atoms with E-state index in [0.29, 0.717) is 0 Å². The molecule has 0 radical (unpaired) electrons. The first kappa shape index (κ1) is 15.5. The first-order valence-electron chi connectivity index (χ1n) is 8.00. The molecular formula is C18H19NO5. The number of amides is 1. The minimum Gasteiger partial charge on any atom is -0.345 e. The Morgan fingerprint density at radius 1 is 1.29 bits per heavy atom. The van der Waals surface area contributed by atoms with Gasteiger partial charge < -0.3 is 9.47 Å². The van der Waals surface area contributed by atoms with Crippen molar-refractivity contribution >= 4 is 11.7 Å². The van der Waals surface area contributed by atoms with Crippen molar-refractivity contribution in [1.29, 1.82) is 0 Å². The zero-order chi connectivity index (χ0) is 16.9. The Morgan fingerprint density at radius 2 is 2.04 bits per heavy atom. The number of ketones is 1. The predicted molar refractivity (Wildman–Crippen MR) is 83.3 cm³/mol. The summed E-state index contributed by atoms with van der Waals surface area (Å²) in [4.78, 5) is 30.5. The molecule has 0 saturated carbocycles. The number of carbonyl (C=O) groups excluding carboxylic acids is 2. The molecule has 0 aromatic heterocycles. The van der Waals surface area contributed by atoms with E-state index in [1.54, 1.807) is 6.08 Å². The second kappa shape index (κ2) is 5.24. The largest absolute Gasteiger partial charge is 0.345 e. The SMILES string of the molecule is CC1C(=O)C=CC23C(OCOC12C)C(=O)N3OCc1ccccc1. The summed E-state index contributed by atoms with van der Waals surface area (Å²) in [6.07, 6.45) is 2.52. The molecule has 1 amide bonds. The lowest BCUT2D eigenvalue weighted by Crippen LogP contribution is -2.86. The van der Waals surface area contributed by atoms with Crippen molar-refractivity contribution in [3.05, 3.63) is 48.0 Å². The fourth-order valence-electron chi connectivity index (χ4n) is 3.82. The molecule has 2 heterocycles. The molecule has 0 bridgehead atoms. The summed E-state index contributed by atoms with van der Waals surface area (Å²) in [7, 11) is 0. The average molecular weight is 329 g/mol. The standard InChI is InChI=1S/C18H19NO5/c1-12-14(20)8-9-18-15(22-11-23-17(12,18)2)16(21)19(18)24-10-13-6-4-3-5-7-13/h3-9,12,15H,10-11H2,1-2H3. The zero-order valence-electron chi connectivity index (χ0n) is 13.6. The maximum absolute atomic E-state index is 12.5. The molecule has 4 atom stereocenters. The first-order valence-corrected chi connectivity index (χ1v) is 8.00. The number of carbonyl (C=O) groups is 2. The van der Waals surface area contributed by atoms with Crippen molar-refractivity contribution < 1.29 is 23.9 Å². The van der Waals surface area contributed by atoms with Crippen LogP contribution < -0.4 is 0 Å². The van der Waals surface area contributed by atoms with Gasteiger partial charge in [0, 0.05) is 0 Å². The van der Waals surface area contributed by atoms with Crippen LogP contribution in [0.1, 0.15) is 19.4 Å². The predicted octanol–water partition coefficient (Wildman–Crippen LogP) is 1.61. The highest BCUT2D eigenvalue weighted by molar-refractivity contribution is 5.98. The minimum atomic E-state index is -0.912. The maximum Gasteiger partial charge on any atom is 0.279 e. The molecule has 4 unspecified atom stereocenters. The number of ether oxygens (including phenoxy) is 2. The van der Waals surface area contributed by atoms with Gasteiger partial charge in [0.25, 0.3) is 5.91 Å². The third-order valence-electron chi connectivity index (χ3n) is 5.51. The van der Waals surface area contributed by atoms with Crippen LogP contribution in [0.15, 0.2) is 42.5 Å². The lowest BCUT2D eigenvalue weighted by Gasteiger charge is -2.65. The van der Waals surface area contributed by atoms with Gasteiger partial charge in [-0.2, -0.15) is 0 Å². The van der Waals surface area contributed by atoms with Gasteiger partial charge in [-0.25, -0.2) is 5.06 Å². The Balaban J connectivity index is 1.67. The lowest BCUT2D eigenvalue weighted by molar-refractivity contribution is -0.377. The van der Waals surface area contributed by atoms with Crippen LogP contribution in [-0.4, -0.2) is 40.8 Å². The Hall–Kier alpha value is -2.02. The van der Waals surface area contributed by atoms with E-state index in [-0.39, 0.29) is 25.1 Å². The summed E-state index contributed by atoms with van der Waals surface area (Å²) >= 11 is 0. The van der Waals surface area contributed by atoms with E-state index >= 15 is 0 Å². The molecular weight excluding hydrogens is 310 g/mol. The van der Waals surface area contributed by atoms with Crippen molar-refractivity contribution in [1.82, 2.24) is 5.06 Å². The normalized spacial score (nSPS) is 37.7. The van der Waals surface area contributed by atoms with E-state index in [0.717, 1.165) is 5.56 Å². The van der Waals surface area contributed by atoms with Gasteiger partial charge in [-0.3, -0.25) is 14.4 Å². The number of hydrogen-bond acceptors (Lipinski definition) is 5. The fraction of sp³-hybridized carbons (Fsp3) is 0.444. The zero-order valence-corrected chi connectivity index (χ0v) is 13.6. The van der Waals surface area contributed by atoms with E-state index in [4.69, 9.17) is 14.3 Å². The average Bonchev–Trinajstić information content (AvgIpc) is 2.60. The van der Waals surface area contributed by atoms with Crippen LogP contribution in [0.4, 0.5) is 0 Å². The van der Waals surface area contributed by atoms with Gasteiger partial charge in [0.1, 0.15) is 19.0 Å². The molecule has 1 aromatic rings. The van der Waals surface area contributed by atoms with E-state index in [1.807, 2.05) is 44.2 Å². The van der Waals surface area contributed by atoms with Crippen LogP contribution in [0.25, 0.3) is 0 Å². The van der Waals surface area contributed by atoms with Crippen LogP contribution >= 0.6 is 0 Å². The van der Waals surface area contributed by atoms with Crippen LogP contribution in [0.5, 0.6) is 0 Å². The number of rotatable bonds is 3. The number of nitrogens with zero attached hydrogens (tertiary/aromatic N) is 1. The molecule has 0 N–H and O–H groups in total. The van der Waals surface area contributed by atoms with Gasteiger partial charge in [-0.1, -0.05) is 37.3 Å². The molecule has 1 aromatic carbocycles. The second-order valence-corrected chi connectivity index (χ2v) is 6.59. The van der Waals surface area contributed by atoms with Gasteiger partial charge in [0.05, 0.1) is 5.92 Å². The Bertz CT molecular complexity index is 717. The number of hydroxylamine groups is 2. The Morgan fingerprint density at radius 3 is 2.79 bits per heavy atom. The van der Waals surface area contributed by atoms with Crippen molar-refractivity contribution in [3.8, 4) is 0 Å². The number of β-lactam (4-membered cyclic amide) rings is 1. The van der Waals surface area contributed by atoms with Gasteiger partial charge >= 0.3 is 0 Å². The third kappa shape index (κ3) is 1.81. The van der Waals surface area contributed by atoms with Gasteiger partial charge in [-0.15, -0.1) is 0 Å². The van der Waals surface area contributed by atoms with E-state index < -0.39 is 23.2 Å². The highest BCUT2D eigenvalue weighted by atomic mass is 16.7. The monoisotopic (exact) mass is 329 g/mol. The number of benzene rings is 1. The topological polar surface area (TPSA) is 65.1 Å². The number of hydrogen-bond donors (Lipinski definition) is 0. The molecule has 2 saturated heterocycles. The first-order chi connectivity index (χ1) is 11.5. The van der Waals surface area contributed by atoms with Crippen molar-refractivity contribution in [2.24, 2.45) is 5.92 Å². The highest BCUT2D eigenvalue weighted by Crippen LogP contribution is 2.53. The van der Waals surface area contributed by atoms with Crippen LogP contribution in [-0.2, 0) is 30.5 Å². The van der Waals surface area contributed by atoms with Crippen molar-refractivity contribution in [2.45, 2.75) is 37.7 Å². The van der Waals surface area contributed by atoms with Gasteiger partial charge in [0.2, 0.25) is 0 Å². The van der Waals surface area contributed by atoms with Gasteiger partial charge in [0.15, 0.2) is 17.4 Å². The van der Waals surface area contributed by atoms with Crippen LogP contribution in [0.2, 0.25) is 0 Å². The van der Waals surface area contributed by atoms with E-state index in [1.165, 1.54) is 11.1 Å². The Kier molecular flexibility index (Phi) is 3.38. The summed E-state index contributed by atoms with van der Waals surface area (Å²) < 4.78 is 11.4. The van der Waals surface area contributed by atoms with E-state index in [9.17, 15) is 9.59 Å². The summed E-state index contributed by atoms with van der Waals surface area (Å²) in [6, 6.07) is 9.60. The summed E-state index contributed by atoms with van der Waals surface area (Å²) in [5.41, 5.74) is -0.843. The molecule has 2 fully saturated rings. The fourth-order valence-corrected chi connectivity index (χ4v) is 3.82. The quantitative estimate of drug-likeness (QED) is 0.788. The van der Waals surface area contributed by atoms with Crippen molar-refractivity contribution in [2.75, 3.05) is 6.79 Å². The molecule has 1 aliphatic carbocycles. The summed E-state index contributed by atoms with van der Waals surface area (Å²) in [5, 5.41) is 1.32. The van der Waals surface area contributed by atoms with Gasteiger partial charge in [-0.05, 0) is 24.6 Å². The van der Waals surface area contributed by atoms with E-state index in [2.05, 4.69) is 0 Å². The number of allylic oxidation sites excluding steroid dienone is 1. The Labute approximate surface area is 139 Å². The van der Waals surface area contributed by atoms with Crippen LogP contribution in [0.3, 0.4) is 0 Å². The third-order valence-corrected chi connectivity index (χ3v) is 5.51. The van der Waals surface area contributed by atoms with Crippen molar-refractivity contribution in [3.63, 3.8) is 0 Å². The molecule has 6 heteroatoms. The molecule has 4 rings (SSSR count). The molecule has 3 aliphatic rings. The lowest BCUT2D eigenvalue weighted by atomic mass is 9.60. The minimum absolute atomic E-state index is 0.00730. The highest BCUT2D eigenvalue weighted by Gasteiger charge is 2.75. The second-order valence-electron chi connectivity index (χ2n) is 6.59. The molecule has 2 aliphatic heterocycles. The summed E-state index contributed by atoms with van der Waals surface area (Å²) in [5.74, 6) is -0.664. The maximum atomic E-state index is 12.5.